The number of hydrogen-bond acceptors (Lipinski definition) is 0. The Labute approximate surface area is 254 Å². The van der Waals surface area contributed by atoms with E-state index in [9.17, 15) is 0 Å². The molecule has 9 aromatic rings. The predicted octanol–water partition coefficient (Wildman–Crippen LogP) is 11.2. The van der Waals surface area contributed by atoms with Crippen molar-refractivity contribution in [1.82, 2.24) is 9.13 Å². The van der Waals surface area contributed by atoms with E-state index in [0.717, 1.165) is 0 Å². The lowest BCUT2D eigenvalue weighted by molar-refractivity contribution is 1.18. The second kappa shape index (κ2) is 8.82. The van der Waals surface area contributed by atoms with Crippen molar-refractivity contribution in [3.63, 3.8) is 0 Å². The van der Waals surface area contributed by atoms with Crippen LogP contribution in [0.3, 0.4) is 0 Å². The van der Waals surface area contributed by atoms with Gasteiger partial charge >= 0.3 is 0 Å². The SMILES string of the molecule is c1ccc(-n2c3ccccc3c3cc(-c4ccc5c6cccc7c6n(c5c4)-c4ccccc4-c4ccccc4-7)ccc32)cc1. The fraction of sp³-hybridized carbons (Fsp3) is 0. The first kappa shape index (κ1) is 23.7. The normalized spacial score (nSPS) is 12.1. The van der Waals surface area contributed by atoms with Crippen LogP contribution in [0.25, 0.3) is 88.4 Å². The highest BCUT2D eigenvalue weighted by molar-refractivity contribution is 6.17. The lowest BCUT2D eigenvalue weighted by Gasteiger charge is -2.13. The molecule has 204 valence electrons. The average Bonchev–Trinajstić information content (AvgIpc) is 3.56. The Balaban J connectivity index is 1.26. The zero-order valence-corrected chi connectivity index (χ0v) is 23.9. The van der Waals surface area contributed by atoms with Gasteiger partial charge in [-0.2, -0.15) is 0 Å². The van der Waals surface area contributed by atoms with Gasteiger partial charge in [0.2, 0.25) is 0 Å². The Bertz CT molecular complexity index is 2600. The average molecular weight is 559 g/mol. The van der Waals surface area contributed by atoms with E-state index >= 15 is 0 Å². The van der Waals surface area contributed by atoms with Gasteiger partial charge in [0.15, 0.2) is 0 Å². The molecule has 0 bridgehead atoms. The van der Waals surface area contributed by atoms with Crippen LogP contribution in [0.15, 0.2) is 158 Å². The molecule has 0 amide bonds. The predicted molar refractivity (Wildman–Crippen MR) is 185 cm³/mol. The Kier molecular flexibility index (Phi) is 4.75. The summed E-state index contributed by atoms with van der Waals surface area (Å²) in [7, 11) is 0. The molecule has 10 rings (SSSR count). The first-order chi connectivity index (χ1) is 21.8. The number of nitrogens with zero attached hydrogens (tertiary/aromatic N) is 2. The quantitative estimate of drug-likeness (QED) is 0.200. The van der Waals surface area contributed by atoms with Crippen LogP contribution in [-0.4, -0.2) is 9.13 Å². The third kappa shape index (κ3) is 3.14. The monoisotopic (exact) mass is 558 g/mol. The summed E-state index contributed by atoms with van der Waals surface area (Å²) >= 11 is 0. The summed E-state index contributed by atoms with van der Waals surface area (Å²) in [5, 5.41) is 5.10. The maximum Gasteiger partial charge on any atom is 0.0619 e. The van der Waals surface area contributed by atoms with Crippen LogP contribution in [0, 0.1) is 0 Å². The highest BCUT2D eigenvalue weighted by atomic mass is 15.0. The lowest BCUT2D eigenvalue weighted by atomic mass is 9.93. The molecule has 2 nitrogen and oxygen atoms in total. The van der Waals surface area contributed by atoms with Gasteiger partial charge in [-0.1, -0.05) is 115 Å². The molecule has 7 aromatic carbocycles. The molecule has 1 aliphatic rings. The van der Waals surface area contributed by atoms with Gasteiger partial charge < -0.3 is 9.13 Å². The van der Waals surface area contributed by atoms with Crippen molar-refractivity contribution in [3.05, 3.63) is 158 Å². The Morgan fingerprint density at radius 1 is 0.318 bits per heavy atom. The van der Waals surface area contributed by atoms with Gasteiger partial charge in [-0.05, 0) is 64.7 Å². The molecule has 0 aliphatic carbocycles. The molecule has 3 heterocycles. The van der Waals surface area contributed by atoms with E-state index in [1.54, 1.807) is 0 Å². The zero-order valence-electron chi connectivity index (χ0n) is 23.9. The molecule has 0 atom stereocenters. The number of fused-ring (bicyclic) bond motifs is 11. The fourth-order valence-electron chi connectivity index (χ4n) is 7.57. The number of para-hydroxylation sites is 4. The fourth-order valence-corrected chi connectivity index (χ4v) is 7.57. The molecular weight excluding hydrogens is 532 g/mol. The third-order valence-electron chi connectivity index (χ3n) is 9.46. The van der Waals surface area contributed by atoms with Gasteiger partial charge in [-0.3, -0.25) is 0 Å². The van der Waals surface area contributed by atoms with Gasteiger partial charge in [0.05, 0.1) is 27.8 Å². The number of hydrogen-bond donors (Lipinski definition) is 0. The number of aromatic nitrogens is 2. The van der Waals surface area contributed by atoms with Crippen LogP contribution in [0.5, 0.6) is 0 Å². The van der Waals surface area contributed by atoms with Gasteiger partial charge in [0.1, 0.15) is 0 Å². The molecule has 0 spiro atoms. The summed E-state index contributed by atoms with van der Waals surface area (Å²) in [6.45, 7) is 0. The van der Waals surface area contributed by atoms with Crippen molar-refractivity contribution in [3.8, 4) is 44.8 Å². The summed E-state index contributed by atoms with van der Waals surface area (Å²) in [5.41, 5.74) is 14.9. The van der Waals surface area contributed by atoms with E-state index in [-0.39, 0.29) is 0 Å². The van der Waals surface area contributed by atoms with Gasteiger partial charge in [0.25, 0.3) is 0 Å². The summed E-state index contributed by atoms with van der Waals surface area (Å²) < 4.78 is 4.87. The minimum absolute atomic E-state index is 1.18. The van der Waals surface area contributed by atoms with E-state index in [1.165, 1.54) is 88.4 Å². The minimum atomic E-state index is 1.18. The molecule has 0 radical (unpaired) electrons. The smallest absolute Gasteiger partial charge is 0.0619 e. The second-order valence-corrected chi connectivity index (χ2v) is 11.8. The van der Waals surface area contributed by atoms with E-state index in [1.807, 2.05) is 0 Å². The van der Waals surface area contributed by atoms with Crippen LogP contribution < -0.4 is 0 Å². The number of rotatable bonds is 2. The molecular formula is C42H26N2. The minimum Gasteiger partial charge on any atom is -0.309 e. The number of benzene rings is 7. The van der Waals surface area contributed by atoms with Gasteiger partial charge in [0, 0.05) is 38.4 Å². The van der Waals surface area contributed by atoms with Crippen LogP contribution in [0.1, 0.15) is 0 Å². The first-order valence-corrected chi connectivity index (χ1v) is 15.2. The summed E-state index contributed by atoms with van der Waals surface area (Å²) in [5.74, 6) is 0. The third-order valence-corrected chi connectivity index (χ3v) is 9.46. The molecule has 0 saturated heterocycles. The highest BCUT2D eigenvalue weighted by Crippen LogP contribution is 2.47. The van der Waals surface area contributed by atoms with Crippen LogP contribution in [-0.2, 0) is 0 Å². The largest absolute Gasteiger partial charge is 0.309 e. The van der Waals surface area contributed by atoms with Gasteiger partial charge in [-0.15, -0.1) is 0 Å². The molecule has 1 aliphatic heterocycles. The van der Waals surface area contributed by atoms with E-state index < -0.39 is 0 Å². The summed E-state index contributed by atoms with van der Waals surface area (Å²) in [6, 6.07) is 57.8. The van der Waals surface area contributed by atoms with Gasteiger partial charge in [-0.25, -0.2) is 0 Å². The van der Waals surface area contributed by atoms with Crippen molar-refractivity contribution in [2.75, 3.05) is 0 Å². The Morgan fingerprint density at radius 2 is 0.932 bits per heavy atom. The zero-order chi connectivity index (χ0) is 28.8. The molecule has 0 N–H and O–H groups in total. The Morgan fingerprint density at radius 3 is 1.82 bits per heavy atom. The van der Waals surface area contributed by atoms with Crippen molar-refractivity contribution in [2.45, 2.75) is 0 Å². The molecule has 2 heteroatoms. The molecule has 44 heavy (non-hydrogen) atoms. The molecule has 0 unspecified atom stereocenters. The summed E-state index contributed by atoms with van der Waals surface area (Å²) in [6.07, 6.45) is 0. The summed E-state index contributed by atoms with van der Waals surface area (Å²) in [4.78, 5) is 0. The van der Waals surface area contributed by atoms with Crippen molar-refractivity contribution in [2.24, 2.45) is 0 Å². The van der Waals surface area contributed by atoms with Crippen LogP contribution in [0.4, 0.5) is 0 Å². The first-order valence-electron chi connectivity index (χ1n) is 15.2. The molecule has 0 fully saturated rings. The van der Waals surface area contributed by atoms with E-state index in [2.05, 4.69) is 167 Å². The molecule has 2 aromatic heterocycles. The van der Waals surface area contributed by atoms with Crippen LogP contribution >= 0.6 is 0 Å². The second-order valence-electron chi connectivity index (χ2n) is 11.8. The van der Waals surface area contributed by atoms with Crippen molar-refractivity contribution >= 4 is 43.6 Å². The lowest BCUT2D eigenvalue weighted by Crippen LogP contribution is -1.95. The Hall–Kier alpha value is -5.86. The standard InChI is InChI=1S/C42H26N2/c1-2-11-29(12-3-1)43-38-19-8-7-16-33(38)37-25-27(22-24-40(37)43)28-21-23-34-36-18-10-17-35-31-14-5-4-13-30(31)32-15-6-9-20-39(32)44(42(35)36)41(34)26-28/h1-26H. The van der Waals surface area contributed by atoms with E-state index in [0.29, 0.717) is 0 Å². The van der Waals surface area contributed by atoms with E-state index in [4.69, 9.17) is 0 Å². The van der Waals surface area contributed by atoms with Crippen molar-refractivity contribution < 1.29 is 0 Å². The maximum atomic E-state index is 2.50. The van der Waals surface area contributed by atoms with Crippen molar-refractivity contribution in [1.29, 1.82) is 0 Å². The van der Waals surface area contributed by atoms with Crippen LogP contribution in [0.2, 0.25) is 0 Å². The topological polar surface area (TPSA) is 9.86 Å². The highest BCUT2D eigenvalue weighted by Gasteiger charge is 2.24. The maximum absolute atomic E-state index is 2.50. The molecule has 0 saturated carbocycles.